The summed E-state index contributed by atoms with van der Waals surface area (Å²) in [6.45, 7) is 4.70. The molecule has 0 atom stereocenters. The monoisotopic (exact) mass is 256 g/mol. The summed E-state index contributed by atoms with van der Waals surface area (Å²) in [5.41, 5.74) is 2.59. The van der Waals surface area contributed by atoms with Gasteiger partial charge in [0.2, 0.25) is 0 Å². The number of hydrogen-bond donors (Lipinski definition) is 3. The van der Waals surface area contributed by atoms with Gasteiger partial charge in [-0.15, -0.1) is 6.58 Å². The standard InChI is InChI=1S/C14H16N4O/c1-2-8-15-14(19)11-3-5-12(6-4-11)16-10-13-7-9-17-18-13/h2-7,9,16H,1,8,10H2,(H,15,19)(H,17,18). The predicted molar refractivity (Wildman–Crippen MR) is 74.9 cm³/mol. The first-order valence-corrected chi connectivity index (χ1v) is 6.01. The second kappa shape index (κ2) is 6.39. The Morgan fingerprint density at radius 1 is 1.32 bits per heavy atom. The molecule has 98 valence electrons. The third-order valence-corrected chi connectivity index (χ3v) is 2.60. The molecule has 0 spiro atoms. The van der Waals surface area contributed by atoms with Crippen LogP contribution in [0, 0.1) is 0 Å². The summed E-state index contributed by atoms with van der Waals surface area (Å²) in [7, 11) is 0. The molecule has 2 aromatic rings. The third-order valence-electron chi connectivity index (χ3n) is 2.60. The summed E-state index contributed by atoms with van der Waals surface area (Å²) in [5, 5.41) is 12.7. The van der Waals surface area contributed by atoms with Crippen LogP contribution in [0.5, 0.6) is 0 Å². The second-order valence-electron chi connectivity index (χ2n) is 4.01. The molecule has 0 aliphatic rings. The molecular formula is C14H16N4O. The van der Waals surface area contributed by atoms with E-state index in [4.69, 9.17) is 0 Å². The Bertz CT molecular complexity index is 531. The number of amides is 1. The van der Waals surface area contributed by atoms with E-state index in [0.717, 1.165) is 11.4 Å². The van der Waals surface area contributed by atoms with Gasteiger partial charge in [0.25, 0.3) is 5.91 Å². The van der Waals surface area contributed by atoms with Gasteiger partial charge >= 0.3 is 0 Å². The highest BCUT2D eigenvalue weighted by atomic mass is 16.1. The predicted octanol–water partition coefficient (Wildman–Crippen LogP) is 1.94. The SMILES string of the molecule is C=CCNC(=O)c1ccc(NCc2ccn[nH]2)cc1. The second-order valence-corrected chi connectivity index (χ2v) is 4.01. The van der Waals surface area contributed by atoms with Crippen LogP contribution in [-0.2, 0) is 6.54 Å². The van der Waals surface area contributed by atoms with E-state index >= 15 is 0 Å². The summed E-state index contributed by atoms with van der Waals surface area (Å²) in [4.78, 5) is 11.7. The molecule has 5 heteroatoms. The van der Waals surface area contributed by atoms with Crippen molar-refractivity contribution < 1.29 is 4.79 Å². The van der Waals surface area contributed by atoms with E-state index < -0.39 is 0 Å². The topological polar surface area (TPSA) is 69.8 Å². The van der Waals surface area contributed by atoms with Crippen molar-refractivity contribution >= 4 is 11.6 Å². The zero-order valence-corrected chi connectivity index (χ0v) is 10.5. The van der Waals surface area contributed by atoms with Crippen LogP contribution in [-0.4, -0.2) is 22.6 Å². The molecule has 0 unspecified atom stereocenters. The molecule has 0 saturated carbocycles. The molecular weight excluding hydrogens is 240 g/mol. The Balaban J connectivity index is 1.90. The number of H-pyrrole nitrogens is 1. The lowest BCUT2D eigenvalue weighted by Gasteiger charge is -2.06. The molecule has 0 aliphatic carbocycles. The van der Waals surface area contributed by atoms with Gasteiger partial charge in [0.15, 0.2) is 0 Å². The molecule has 2 rings (SSSR count). The van der Waals surface area contributed by atoms with Crippen LogP contribution in [0.3, 0.4) is 0 Å². The number of anilines is 1. The fourth-order valence-corrected chi connectivity index (χ4v) is 1.59. The van der Waals surface area contributed by atoms with E-state index in [9.17, 15) is 4.79 Å². The first kappa shape index (κ1) is 12.9. The van der Waals surface area contributed by atoms with Gasteiger partial charge in [-0.2, -0.15) is 5.10 Å². The molecule has 3 N–H and O–H groups in total. The van der Waals surface area contributed by atoms with E-state index in [1.807, 2.05) is 18.2 Å². The minimum Gasteiger partial charge on any atom is -0.379 e. The highest BCUT2D eigenvalue weighted by molar-refractivity contribution is 5.94. The summed E-state index contributed by atoms with van der Waals surface area (Å²) >= 11 is 0. The Kier molecular flexibility index (Phi) is 4.34. The van der Waals surface area contributed by atoms with Crippen molar-refractivity contribution in [3.8, 4) is 0 Å². The normalized spacial score (nSPS) is 9.89. The minimum absolute atomic E-state index is 0.0972. The number of nitrogens with zero attached hydrogens (tertiary/aromatic N) is 1. The molecule has 0 radical (unpaired) electrons. The lowest BCUT2D eigenvalue weighted by atomic mass is 10.2. The number of benzene rings is 1. The highest BCUT2D eigenvalue weighted by Gasteiger charge is 2.03. The Morgan fingerprint density at radius 2 is 2.11 bits per heavy atom. The van der Waals surface area contributed by atoms with Crippen molar-refractivity contribution in [2.75, 3.05) is 11.9 Å². The molecule has 1 heterocycles. The van der Waals surface area contributed by atoms with Crippen LogP contribution >= 0.6 is 0 Å². The fraction of sp³-hybridized carbons (Fsp3) is 0.143. The van der Waals surface area contributed by atoms with Crippen molar-refractivity contribution in [2.45, 2.75) is 6.54 Å². The smallest absolute Gasteiger partial charge is 0.251 e. The van der Waals surface area contributed by atoms with Crippen molar-refractivity contribution in [1.29, 1.82) is 0 Å². The van der Waals surface area contributed by atoms with Gasteiger partial charge in [0.05, 0.1) is 12.2 Å². The lowest BCUT2D eigenvalue weighted by molar-refractivity contribution is 0.0958. The van der Waals surface area contributed by atoms with Crippen molar-refractivity contribution in [3.63, 3.8) is 0 Å². The molecule has 0 saturated heterocycles. The molecule has 0 bridgehead atoms. The van der Waals surface area contributed by atoms with Gasteiger partial charge in [-0.05, 0) is 30.3 Å². The molecule has 0 aliphatic heterocycles. The first-order valence-electron chi connectivity index (χ1n) is 6.01. The maximum absolute atomic E-state index is 11.7. The lowest BCUT2D eigenvalue weighted by Crippen LogP contribution is -2.23. The molecule has 1 aromatic heterocycles. The van der Waals surface area contributed by atoms with Gasteiger partial charge in [-0.25, -0.2) is 0 Å². The van der Waals surface area contributed by atoms with E-state index in [-0.39, 0.29) is 5.91 Å². The molecule has 5 nitrogen and oxygen atoms in total. The quantitative estimate of drug-likeness (QED) is 0.692. The maximum Gasteiger partial charge on any atom is 0.251 e. The first-order chi connectivity index (χ1) is 9.29. The van der Waals surface area contributed by atoms with Crippen LogP contribution < -0.4 is 10.6 Å². The van der Waals surface area contributed by atoms with E-state index in [0.29, 0.717) is 18.7 Å². The number of rotatable bonds is 6. The average Bonchev–Trinajstić information content (AvgIpc) is 2.96. The third kappa shape index (κ3) is 3.70. The van der Waals surface area contributed by atoms with Crippen LogP contribution in [0.4, 0.5) is 5.69 Å². The average molecular weight is 256 g/mol. The van der Waals surface area contributed by atoms with Crippen LogP contribution in [0.1, 0.15) is 16.1 Å². The van der Waals surface area contributed by atoms with Crippen molar-refractivity contribution in [2.24, 2.45) is 0 Å². The highest BCUT2D eigenvalue weighted by Crippen LogP contribution is 2.10. The molecule has 1 aromatic carbocycles. The molecule has 19 heavy (non-hydrogen) atoms. The van der Waals surface area contributed by atoms with Crippen molar-refractivity contribution in [3.05, 3.63) is 60.4 Å². The van der Waals surface area contributed by atoms with Gasteiger partial charge < -0.3 is 10.6 Å². The van der Waals surface area contributed by atoms with Crippen LogP contribution in [0.15, 0.2) is 49.2 Å². The summed E-state index contributed by atoms with van der Waals surface area (Å²) < 4.78 is 0. The number of carbonyl (C=O) groups excluding carboxylic acids is 1. The zero-order chi connectivity index (χ0) is 13.5. The largest absolute Gasteiger partial charge is 0.379 e. The zero-order valence-electron chi connectivity index (χ0n) is 10.5. The molecule has 1 amide bonds. The van der Waals surface area contributed by atoms with Gasteiger partial charge in [-0.3, -0.25) is 9.89 Å². The Labute approximate surface area is 111 Å². The summed E-state index contributed by atoms with van der Waals surface area (Å²) in [6.07, 6.45) is 3.36. The van der Waals surface area contributed by atoms with Crippen LogP contribution in [0.2, 0.25) is 0 Å². The number of aromatic nitrogens is 2. The van der Waals surface area contributed by atoms with Gasteiger partial charge in [0, 0.05) is 24.0 Å². The number of hydrogen-bond acceptors (Lipinski definition) is 3. The van der Waals surface area contributed by atoms with Crippen molar-refractivity contribution in [1.82, 2.24) is 15.5 Å². The fourth-order valence-electron chi connectivity index (χ4n) is 1.59. The van der Waals surface area contributed by atoms with E-state index in [2.05, 4.69) is 27.4 Å². The summed E-state index contributed by atoms with van der Waals surface area (Å²) in [6, 6.07) is 9.23. The van der Waals surface area contributed by atoms with E-state index in [1.165, 1.54) is 0 Å². The summed E-state index contributed by atoms with van der Waals surface area (Å²) in [5.74, 6) is -0.0972. The maximum atomic E-state index is 11.7. The number of carbonyl (C=O) groups is 1. The molecule has 0 fully saturated rings. The van der Waals surface area contributed by atoms with Gasteiger partial charge in [-0.1, -0.05) is 6.08 Å². The van der Waals surface area contributed by atoms with Gasteiger partial charge in [0.1, 0.15) is 0 Å². The van der Waals surface area contributed by atoms with E-state index in [1.54, 1.807) is 24.4 Å². The number of aromatic amines is 1. The minimum atomic E-state index is -0.0972. The Hall–Kier alpha value is -2.56. The van der Waals surface area contributed by atoms with Crippen LogP contribution in [0.25, 0.3) is 0 Å². The number of nitrogens with one attached hydrogen (secondary N) is 3. The Morgan fingerprint density at radius 3 is 2.74 bits per heavy atom.